The second-order valence-electron chi connectivity index (χ2n) is 7.29. The summed E-state index contributed by atoms with van der Waals surface area (Å²) in [7, 11) is 0. The van der Waals surface area contributed by atoms with Gasteiger partial charge in [0.05, 0.1) is 5.92 Å². The van der Waals surface area contributed by atoms with Crippen LogP contribution in [-0.2, 0) is 11.3 Å². The van der Waals surface area contributed by atoms with Gasteiger partial charge in [0.15, 0.2) is 10.6 Å². The molecule has 1 fully saturated rings. The van der Waals surface area contributed by atoms with Crippen LogP contribution in [0.2, 0.25) is 0 Å². The summed E-state index contributed by atoms with van der Waals surface area (Å²) in [6.07, 6.45) is -2.93. The average molecular weight is 412 g/mol. The zero-order valence-electron chi connectivity index (χ0n) is 15.6. The summed E-state index contributed by atoms with van der Waals surface area (Å²) in [6, 6.07) is 7.35. The van der Waals surface area contributed by atoms with Crippen LogP contribution in [0.3, 0.4) is 0 Å². The predicted octanol–water partition coefficient (Wildman–Crippen LogP) is 4.54. The number of aryl methyl sites for hydroxylation is 1. The van der Waals surface area contributed by atoms with Gasteiger partial charge < -0.3 is 5.32 Å². The summed E-state index contributed by atoms with van der Waals surface area (Å²) in [5.41, 5.74) is 1.99. The maximum absolute atomic E-state index is 12.9. The van der Waals surface area contributed by atoms with Crippen LogP contribution in [0.15, 0.2) is 24.3 Å². The number of H-pyrrole nitrogens is 1. The van der Waals surface area contributed by atoms with Crippen LogP contribution >= 0.6 is 12.2 Å². The van der Waals surface area contributed by atoms with E-state index in [1.165, 1.54) is 0 Å². The number of hydrogen-bond acceptors (Lipinski definition) is 3. The lowest BCUT2D eigenvalue weighted by molar-refractivity contribution is -0.184. The van der Waals surface area contributed by atoms with Crippen LogP contribution in [0.5, 0.6) is 0 Å². The minimum atomic E-state index is -4.20. The molecule has 2 aromatic rings. The van der Waals surface area contributed by atoms with E-state index >= 15 is 0 Å². The summed E-state index contributed by atoms with van der Waals surface area (Å²) in [5.74, 6) is -0.972. The molecule has 1 heterocycles. The summed E-state index contributed by atoms with van der Waals surface area (Å²) in [6.45, 7) is 2.29. The Morgan fingerprint density at radius 3 is 2.71 bits per heavy atom. The van der Waals surface area contributed by atoms with Crippen LogP contribution in [-0.4, -0.2) is 32.9 Å². The third-order valence-corrected chi connectivity index (χ3v) is 5.44. The fourth-order valence-electron chi connectivity index (χ4n) is 3.58. The van der Waals surface area contributed by atoms with E-state index in [2.05, 4.69) is 15.5 Å². The largest absolute Gasteiger partial charge is 0.391 e. The molecule has 1 aliphatic rings. The van der Waals surface area contributed by atoms with E-state index in [9.17, 15) is 18.0 Å². The SMILES string of the molecule is Cc1ccc(-c2n[nH]c(=S)n2CCC(=O)NC2CCCC(C(F)(F)F)C2)cc1. The molecule has 2 atom stereocenters. The monoisotopic (exact) mass is 412 g/mol. The first-order valence-corrected chi connectivity index (χ1v) is 9.73. The fraction of sp³-hybridized carbons (Fsp3) is 0.526. The smallest absolute Gasteiger partial charge is 0.353 e. The van der Waals surface area contributed by atoms with Crippen molar-refractivity contribution in [3.63, 3.8) is 0 Å². The fourth-order valence-corrected chi connectivity index (χ4v) is 3.80. The minimum absolute atomic E-state index is 0.0466. The third-order valence-electron chi connectivity index (χ3n) is 5.13. The number of carbonyl (C=O) groups is 1. The molecule has 2 unspecified atom stereocenters. The minimum Gasteiger partial charge on any atom is -0.353 e. The molecule has 1 amide bonds. The molecule has 5 nitrogen and oxygen atoms in total. The van der Waals surface area contributed by atoms with Gasteiger partial charge in [0.1, 0.15) is 0 Å². The van der Waals surface area contributed by atoms with E-state index in [1.807, 2.05) is 31.2 Å². The number of rotatable bonds is 5. The maximum Gasteiger partial charge on any atom is 0.391 e. The van der Waals surface area contributed by atoms with Gasteiger partial charge in [-0.1, -0.05) is 36.2 Å². The lowest BCUT2D eigenvalue weighted by atomic mass is 9.85. The lowest BCUT2D eigenvalue weighted by Gasteiger charge is -2.31. The van der Waals surface area contributed by atoms with Crippen LogP contribution in [0, 0.1) is 17.6 Å². The van der Waals surface area contributed by atoms with E-state index in [0.717, 1.165) is 11.1 Å². The van der Waals surface area contributed by atoms with E-state index in [-0.39, 0.29) is 25.2 Å². The van der Waals surface area contributed by atoms with Crippen LogP contribution < -0.4 is 5.32 Å². The molecular weight excluding hydrogens is 389 g/mol. The molecule has 28 heavy (non-hydrogen) atoms. The van der Waals surface area contributed by atoms with Crippen LogP contribution in [0.25, 0.3) is 11.4 Å². The molecular formula is C19H23F3N4OS. The first kappa shape index (κ1) is 20.6. The zero-order valence-corrected chi connectivity index (χ0v) is 16.4. The van der Waals surface area contributed by atoms with Crippen molar-refractivity contribution in [3.05, 3.63) is 34.6 Å². The van der Waals surface area contributed by atoms with Gasteiger partial charge in [-0.15, -0.1) is 0 Å². The molecule has 2 N–H and O–H groups in total. The summed E-state index contributed by atoms with van der Waals surface area (Å²) >= 11 is 5.26. The van der Waals surface area contributed by atoms with E-state index in [1.54, 1.807) is 4.57 Å². The highest BCUT2D eigenvalue weighted by Crippen LogP contribution is 2.37. The molecule has 0 bridgehead atoms. The Morgan fingerprint density at radius 2 is 2.04 bits per heavy atom. The number of alkyl halides is 3. The molecule has 1 aromatic carbocycles. The third kappa shape index (κ3) is 5.01. The first-order valence-electron chi connectivity index (χ1n) is 9.32. The topological polar surface area (TPSA) is 62.7 Å². The molecule has 0 radical (unpaired) electrons. The number of carbonyl (C=O) groups excluding carboxylic acids is 1. The summed E-state index contributed by atoms with van der Waals surface area (Å²) in [5, 5.41) is 9.72. The van der Waals surface area contributed by atoms with Crippen molar-refractivity contribution in [2.24, 2.45) is 5.92 Å². The van der Waals surface area contributed by atoms with E-state index in [0.29, 0.717) is 30.0 Å². The standard InChI is InChI=1S/C19H23F3N4OS/c1-12-5-7-13(8-6-12)17-24-25-18(28)26(17)10-9-16(27)23-15-4-2-3-14(11-15)19(20,21)22/h5-8,14-15H,2-4,9-11H2,1H3,(H,23,27)(H,25,28). The Kier molecular flexibility index (Phi) is 6.22. The quantitative estimate of drug-likeness (QED) is 0.709. The number of nitrogens with zero attached hydrogens (tertiary/aromatic N) is 2. The van der Waals surface area contributed by atoms with Gasteiger partial charge in [-0.3, -0.25) is 14.5 Å². The van der Waals surface area contributed by atoms with E-state index < -0.39 is 18.1 Å². The Bertz CT molecular complexity index is 873. The number of aromatic nitrogens is 3. The van der Waals surface area contributed by atoms with Gasteiger partial charge in [-0.25, -0.2) is 0 Å². The normalized spacial score (nSPS) is 20.1. The van der Waals surface area contributed by atoms with Gasteiger partial charge in [0, 0.05) is 24.6 Å². The Morgan fingerprint density at radius 1 is 1.32 bits per heavy atom. The van der Waals surface area contributed by atoms with E-state index in [4.69, 9.17) is 12.2 Å². The molecule has 1 saturated carbocycles. The maximum atomic E-state index is 12.9. The highest BCUT2D eigenvalue weighted by atomic mass is 32.1. The van der Waals surface area contributed by atoms with Crippen molar-refractivity contribution in [1.82, 2.24) is 20.1 Å². The second kappa shape index (κ2) is 8.46. The second-order valence-corrected chi connectivity index (χ2v) is 7.68. The van der Waals surface area contributed by atoms with Gasteiger partial charge in [0.2, 0.25) is 5.91 Å². The molecule has 0 saturated heterocycles. The highest BCUT2D eigenvalue weighted by molar-refractivity contribution is 7.71. The Hall–Kier alpha value is -2.16. The molecule has 152 valence electrons. The van der Waals surface area contributed by atoms with Crippen molar-refractivity contribution in [2.75, 3.05) is 0 Å². The number of amides is 1. The molecule has 1 aliphatic carbocycles. The summed E-state index contributed by atoms with van der Waals surface area (Å²) in [4.78, 5) is 12.3. The molecule has 9 heteroatoms. The number of benzene rings is 1. The lowest BCUT2D eigenvalue weighted by Crippen LogP contribution is -2.41. The number of aromatic amines is 1. The van der Waals surface area contributed by atoms with Gasteiger partial charge in [0.25, 0.3) is 0 Å². The van der Waals surface area contributed by atoms with Gasteiger partial charge in [-0.05, 0) is 38.4 Å². The molecule has 1 aromatic heterocycles. The Labute approximate surface area is 166 Å². The molecule has 0 spiro atoms. The summed E-state index contributed by atoms with van der Waals surface area (Å²) < 4.78 is 40.9. The first-order chi connectivity index (χ1) is 13.2. The highest BCUT2D eigenvalue weighted by Gasteiger charge is 2.42. The predicted molar refractivity (Wildman–Crippen MR) is 102 cm³/mol. The van der Waals surface area contributed by atoms with Gasteiger partial charge >= 0.3 is 6.18 Å². The van der Waals surface area contributed by atoms with Crippen LogP contribution in [0.1, 0.15) is 37.7 Å². The molecule has 0 aliphatic heterocycles. The Balaban J connectivity index is 1.60. The van der Waals surface area contributed by atoms with Crippen molar-refractivity contribution in [3.8, 4) is 11.4 Å². The number of hydrogen-bond donors (Lipinski definition) is 2. The van der Waals surface area contributed by atoms with Crippen molar-refractivity contribution in [1.29, 1.82) is 0 Å². The van der Waals surface area contributed by atoms with Crippen molar-refractivity contribution >= 4 is 18.1 Å². The zero-order chi connectivity index (χ0) is 20.3. The van der Waals surface area contributed by atoms with Crippen LogP contribution in [0.4, 0.5) is 13.2 Å². The van der Waals surface area contributed by atoms with Crippen molar-refractivity contribution < 1.29 is 18.0 Å². The van der Waals surface area contributed by atoms with Gasteiger partial charge in [-0.2, -0.15) is 18.3 Å². The molecule has 3 rings (SSSR count). The van der Waals surface area contributed by atoms with Crippen molar-refractivity contribution in [2.45, 2.75) is 57.8 Å². The average Bonchev–Trinajstić information content (AvgIpc) is 3.01. The number of halogens is 3. The number of nitrogens with one attached hydrogen (secondary N) is 2.